The number of carbonyl (C=O) groups excluding carboxylic acids is 2. The molecular formula is C34H30N2O5S2. The quantitative estimate of drug-likeness (QED) is 0.269. The molecule has 3 fully saturated rings. The molecule has 218 valence electrons. The highest BCUT2D eigenvalue weighted by molar-refractivity contribution is 8.00. The number of thiazole rings is 1. The SMILES string of the molecule is COc1ccc(N2C(=O)C3C4CC(C3C2=O)C2C4Sc3[nH]c(=O)sc3[C@@H]2c2ccccc2OCc2ccccc2C)cc1. The highest BCUT2D eigenvalue weighted by Crippen LogP contribution is 2.69. The van der Waals surface area contributed by atoms with Crippen LogP contribution in [0.4, 0.5) is 5.69 Å². The number of amides is 2. The Balaban J connectivity index is 1.18. The molecule has 2 aliphatic heterocycles. The second-order valence-corrected chi connectivity index (χ2v) is 14.1. The molecule has 3 aromatic carbocycles. The van der Waals surface area contributed by atoms with Gasteiger partial charge < -0.3 is 14.5 Å². The summed E-state index contributed by atoms with van der Waals surface area (Å²) in [5.74, 6) is 0.656. The minimum absolute atomic E-state index is 0.0342. The minimum Gasteiger partial charge on any atom is -0.497 e. The monoisotopic (exact) mass is 610 g/mol. The second-order valence-electron chi connectivity index (χ2n) is 11.9. The van der Waals surface area contributed by atoms with Crippen LogP contribution in [0.3, 0.4) is 0 Å². The van der Waals surface area contributed by atoms with Crippen molar-refractivity contribution in [2.24, 2.45) is 29.6 Å². The first kappa shape index (κ1) is 26.8. The van der Waals surface area contributed by atoms with Crippen LogP contribution in [-0.2, 0) is 16.2 Å². The number of para-hydroxylation sites is 1. The highest BCUT2D eigenvalue weighted by atomic mass is 32.2. The maximum absolute atomic E-state index is 14.1. The number of ether oxygens (including phenoxy) is 2. The molecule has 43 heavy (non-hydrogen) atoms. The first-order valence-electron chi connectivity index (χ1n) is 14.6. The Morgan fingerprint density at radius 2 is 1.63 bits per heavy atom. The molecule has 1 N–H and O–H groups in total. The highest BCUT2D eigenvalue weighted by Gasteiger charge is 2.69. The molecule has 8 rings (SSSR count). The molecule has 2 amide bonds. The molecule has 2 saturated carbocycles. The summed E-state index contributed by atoms with van der Waals surface area (Å²) in [6.07, 6.45) is 0.841. The topological polar surface area (TPSA) is 88.7 Å². The van der Waals surface area contributed by atoms with Crippen molar-refractivity contribution >= 4 is 40.6 Å². The number of fused-ring (bicyclic) bond motifs is 9. The molecule has 1 saturated heterocycles. The maximum atomic E-state index is 14.1. The van der Waals surface area contributed by atoms with E-state index in [1.807, 2.05) is 30.3 Å². The molecule has 6 unspecified atom stereocenters. The number of carbonyl (C=O) groups is 2. The molecule has 7 nitrogen and oxygen atoms in total. The predicted octanol–water partition coefficient (Wildman–Crippen LogP) is 6.01. The zero-order chi connectivity index (χ0) is 29.4. The van der Waals surface area contributed by atoms with Gasteiger partial charge in [0.15, 0.2) is 0 Å². The Labute approximate surface area is 257 Å². The van der Waals surface area contributed by atoms with Gasteiger partial charge in [-0.25, -0.2) is 0 Å². The van der Waals surface area contributed by atoms with Crippen LogP contribution in [0, 0.1) is 36.5 Å². The van der Waals surface area contributed by atoms with Crippen LogP contribution in [0.15, 0.2) is 82.6 Å². The van der Waals surface area contributed by atoms with E-state index in [-0.39, 0.29) is 57.4 Å². The minimum atomic E-state index is -0.360. The van der Waals surface area contributed by atoms with Gasteiger partial charge in [-0.15, -0.1) is 11.8 Å². The van der Waals surface area contributed by atoms with E-state index in [2.05, 4.69) is 30.1 Å². The lowest BCUT2D eigenvalue weighted by Crippen LogP contribution is -2.42. The van der Waals surface area contributed by atoms with Crippen molar-refractivity contribution in [2.75, 3.05) is 12.0 Å². The number of aromatic nitrogens is 1. The number of thioether (sulfide) groups is 1. The number of aromatic amines is 1. The van der Waals surface area contributed by atoms with Gasteiger partial charge >= 0.3 is 4.87 Å². The van der Waals surface area contributed by atoms with Crippen LogP contribution in [0.1, 0.15) is 33.9 Å². The predicted molar refractivity (Wildman–Crippen MR) is 166 cm³/mol. The lowest BCUT2D eigenvalue weighted by atomic mass is 9.68. The normalized spacial score (nSPS) is 28.5. The van der Waals surface area contributed by atoms with Gasteiger partial charge in [0.25, 0.3) is 0 Å². The molecule has 2 aliphatic carbocycles. The van der Waals surface area contributed by atoms with E-state index in [1.165, 1.54) is 21.8 Å². The third-order valence-electron chi connectivity index (χ3n) is 9.95. The van der Waals surface area contributed by atoms with Gasteiger partial charge in [0.2, 0.25) is 11.8 Å². The van der Waals surface area contributed by atoms with Crippen molar-refractivity contribution < 1.29 is 19.1 Å². The molecule has 7 atom stereocenters. The number of nitrogens with zero attached hydrogens (tertiary/aromatic N) is 1. The third kappa shape index (κ3) is 4.04. The van der Waals surface area contributed by atoms with Crippen LogP contribution >= 0.6 is 23.1 Å². The Hall–Kier alpha value is -3.82. The molecule has 0 spiro atoms. The van der Waals surface area contributed by atoms with Gasteiger partial charge in [-0.05, 0) is 72.6 Å². The van der Waals surface area contributed by atoms with Crippen molar-refractivity contribution in [3.8, 4) is 11.5 Å². The van der Waals surface area contributed by atoms with Crippen molar-refractivity contribution in [3.63, 3.8) is 0 Å². The molecule has 1 aromatic heterocycles. The van der Waals surface area contributed by atoms with Crippen LogP contribution in [-0.4, -0.2) is 29.2 Å². The van der Waals surface area contributed by atoms with Crippen molar-refractivity contribution in [2.45, 2.75) is 36.1 Å². The van der Waals surface area contributed by atoms with E-state index in [1.54, 1.807) is 43.1 Å². The number of aryl methyl sites for hydroxylation is 1. The number of hydrogen-bond acceptors (Lipinski definition) is 7. The van der Waals surface area contributed by atoms with Gasteiger partial charge in [-0.1, -0.05) is 53.8 Å². The van der Waals surface area contributed by atoms with E-state index >= 15 is 0 Å². The van der Waals surface area contributed by atoms with Crippen LogP contribution in [0.2, 0.25) is 0 Å². The molecule has 2 bridgehead atoms. The zero-order valence-electron chi connectivity index (χ0n) is 23.7. The van der Waals surface area contributed by atoms with Crippen LogP contribution < -0.4 is 19.2 Å². The van der Waals surface area contributed by atoms with Gasteiger partial charge in [-0.2, -0.15) is 0 Å². The summed E-state index contributed by atoms with van der Waals surface area (Å²) < 4.78 is 11.8. The van der Waals surface area contributed by atoms with Gasteiger partial charge in [0, 0.05) is 21.6 Å². The van der Waals surface area contributed by atoms with Gasteiger partial charge in [0.05, 0.1) is 29.7 Å². The molecule has 4 aliphatic rings. The number of anilines is 1. The summed E-state index contributed by atoms with van der Waals surface area (Å²) in [5, 5.41) is 1.01. The number of rotatable bonds is 6. The lowest BCUT2D eigenvalue weighted by molar-refractivity contribution is -0.123. The van der Waals surface area contributed by atoms with E-state index in [0.29, 0.717) is 18.0 Å². The Morgan fingerprint density at radius 1 is 0.907 bits per heavy atom. The number of imide groups is 1. The van der Waals surface area contributed by atoms with E-state index < -0.39 is 0 Å². The molecule has 4 aromatic rings. The number of hydrogen-bond donors (Lipinski definition) is 1. The molecule has 0 radical (unpaired) electrons. The fourth-order valence-electron chi connectivity index (χ4n) is 8.15. The third-order valence-corrected chi connectivity index (χ3v) is 12.5. The standard InChI is InChI=1S/C34H30N2O5S2/c1-17-7-3-4-8-18(17)16-41-24-10-6-5-9-21(24)25-26-22-15-23(29(26)42-31-30(25)43-34(39)35-31)28-27(22)32(37)36(33(28)38)19-11-13-20(40-2)14-12-19/h3-14,22-23,25-29H,15-16H2,1-2H3,(H,35,39)/t22?,23?,25-,26?,27?,28?,29?/m1/s1. The summed E-state index contributed by atoms with van der Waals surface area (Å²) in [7, 11) is 1.59. The maximum Gasteiger partial charge on any atom is 0.305 e. The Kier molecular flexibility index (Phi) is 6.31. The first-order chi connectivity index (χ1) is 20.9. The number of methoxy groups -OCH3 is 1. The summed E-state index contributed by atoms with van der Waals surface area (Å²) in [5.41, 5.74) is 3.92. The van der Waals surface area contributed by atoms with Crippen molar-refractivity contribution in [1.82, 2.24) is 4.98 Å². The summed E-state index contributed by atoms with van der Waals surface area (Å²) in [4.78, 5) is 46.1. The molecule has 3 heterocycles. The Morgan fingerprint density at radius 3 is 2.40 bits per heavy atom. The largest absolute Gasteiger partial charge is 0.497 e. The average Bonchev–Trinajstić information content (AvgIpc) is 3.76. The summed E-state index contributed by atoms with van der Waals surface area (Å²) >= 11 is 2.96. The van der Waals surface area contributed by atoms with E-state index in [0.717, 1.165) is 33.2 Å². The van der Waals surface area contributed by atoms with Gasteiger partial charge in [0.1, 0.15) is 18.1 Å². The Bertz CT molecular complexity index is 1810. The number of nitrogens with one attached hydrogen (secondary N) is 1. The summed E-state index contributed by atoms with van der Waals surface area (Å²) in [6, 6.07) is 23.5. The molecule has 9 heteroatoms. The smallest absolute Gasteiger partial charge is 0.305 e. The zero-order valence-corrected chi connectivity index (χ0v) is 25.3. The average molecular weight is 611 g/mol. The van der Waals surface area contributed by atoms with E-state index in [9.17, 15) is 14.4 Å². The van der Waals surface area contributed by atoms with Crippen molar-refractivity contribution in [1.29, 1.82) is 0 Å². The number of benzene rings is 3. The fourth-order valence-corrected chi connectivity index (χ4v) is 11.0. The van der Waals surface area contributed by atoms with E-state index in [4.69, 9.17) is 9.47 Å². The van der Waals surface area contributed by atoms with Crippen molar-refractivity contribution in [3.05, 3.63) is 104 Å². The van der Waals surface area contributed by atoms with Crippen LogP contribution in [0.5, 0.6) is 11.5 Å². The van der Waals surface area contributed by atoms with Crippen LogP contribution in [0.25, 0.3) is 0 Å². The summed E-state index contributed by atoms with van der Waals surface area (Å²) in [6.45, 7) is 2.52. The lowest BCUT2D eigenvalue weighted by Gasteiger charge is -2.43. The number of H-pyrrole nitrogens is 1. The van der Waals surface area contributed by atoms with Gasteiger partial charge in [-0.3, -0.25) is 19.3 Å². The molecular weight excluding hydrogens is 581 g/mol. The second kappa shape index (κ2) is 10.1. The fraction of sp³-hybridized carbons (Fsp3) is 0.324. The first-order valence-corrected chi connectivity index (χ1v) is 16.3.